The number of nitro groups is 1. The first-order valence-electron chi connectivity index (χ1n) is 2.94. The van der Waals surface area contributed by atoms with Gasteiger partial charge in [0.15, 0.2) is 0 Å². The molecule has 0 saturated carbocycles. The summed E-state index contributed by atoms with van der Waals surface area (Å²) in [6, 6.07) is 2.58. The summed E-state index contributed by atoms with van der Waals surface area (Å²) in [4.78, 5) is 9.60. The molecule has 0 radical (unpaired) electrons. The summed E-state index contributed by atoms with van der Waals surface area (Å²) in [6.07, 6.45) is 0. The number of phenolic OH excluding ortho intramolecular Hbond substituents is 1. The number of nitro benzene ring substituents is 1. The molecule has 3 N–H and O–H groups in total. The molecular formula is C6H5BrN2O3. The quantitative estimate of drug-likeness (QED) is 0.334. The van der Waals surface area contributed by atoms with Gasteiger partial charge in [-0.1, -0.05) is 15.9 Å². The van der Waals surface area contributed by atoms with Gasteiger partial charge in [0.1, 0.15) is 0 Å². The van der Waals surface area contributed by atoms with Gasteiger partial charge in [-0.2, -0.15) is 0 Å². The Bertz CT molecular complexity index is 340. The first-order chi connectivity index (χ1) is 5.52. The molecule has 0 unspecified atom stereocenters. The Morgan fingerprint density at radius 1 is 1.58 bits per heavy atom. The Hall–Kier alpha value is -1.30. The normalized spacial score (nSPS) is 9.75. The lowest BCUT2D eigenvalue weighted by Gasteiger charge is -1.99. The molecule has 5 nitrogen and oxygen atoms in total. The number of rotatable bonds is 1. The van der Waals surface area contributed by atoms with Crippen molar-refractivity contribution in [3.05, 3.63) is 26.7 Å². The van der Waals surface area contributed by atoms with E-state index in [9.17, 15) is 10.1 Å². The van der Waals surface area contributed by atoms with Crippen molar-refractivity contribution >= 4 is 27.3 Å². The predicted octanol–water partition coefficient (Wildman–Crippen LogP) is 1.65. The zero-order valence-corrected chi connectivity index (χ0v) is 7.41. The summed E-state index contributed by atoms with van der Waals surface area (Å²) in [5.74, 6) is -0.497. The molecule has 6 heteroatoms. The molecule has 1 aromatic rings. The van der Waals surface area contributed by atoms with E-state index in [0.29, 0.717) is 4.47 Å². The van der Waals surface area contributed by atoms with Crippen molar-refractivity contribution in [1.82, 2.24) is 0 Å². The second-order valence-corrected chi connectivity index (χ2v) is 3.04. The average Bonchev–Trinajstić information content (AvgIpc) is 1.96. The molecular weight excluding hydrogens is 228 g/mol. The van der Waals surface area contributed by atoms with E-state index in [1.165, 1.54) is 12.1 Å². The molecule has 0 heterocycles. The third-order valence-electron chi connectivity index (χ3n) is 1.28. The molecule has 1 rings (SSSR count). The van der Waals surface area contributed by atoms with Crippen LogP contribution in [-0.2, 0) is 0 Å². The largest absolute Gasteiger partial charge is 0.501 e. The molecule has 12 heavy (non-hydrogen) atoms. The molecule has 0 fully saturated rings. The minimum atomic E-state index is -0.698. The third kappa shape index (κ3) is 1.48. The SMILES string of the molecule is Nc1cc(Br)cc([N+](=O)[O-])c1O. The molecule has 64 valence electrons. The molecule has 1 aromatic carbocycles. The van der Waals surface area contributed by atoms with Crippen molar-refractivity contribution in [2.45, 2.75) is 0 Å². The van der Waals surface area contributed by atoms with Gasteiger partial charge in [-0.05, 0) is 6.07 Å². The maximum atomic E-state index is 10.3. The van der Waals surface area contributed by atoms with Gasteiger partial charge in [0.05, 0.1) is 10.6 Å². The molecule has 0 atom stereocenters. The van der Waals surface area contributed by atoms with Crippen LogP contribution in [0.2, 0.25) is 0 Å². The monoisotopic (exact) mass is 232 g/mol. The number of hydrogen-bond acceptors (Lipinski definition) is 4. The fraction of sp³-hybridized carbons (Fsp3) is 0. The fourth-order valence-electron chi connectivity index (χ4n) is 0.745. The van der Waals surface area contributed by atoms with E-state index in [2.05, 4.69) is 15.9 Å². The molecule has 0 spiro atoms. The van der Waals surface area contributed by atoms with Gasteiger partial charge in [-0.25, -0.2) is 0 Å². The van der Waals surface area contributed by atoms with Crippen molar-refractivity contribution in [2.24, 2.45) is 0 Å². The Morgan fingerprint density at radius 2 is 2.17 bits per heavy atom. The van der Waals surface area contributed by atoms with E-state index in [-0.39, 0.29) is 5.69 Å². The highest BCUT2D eigenvalue weighted by Crippen LogP contribution is 2.34. The van der Waals surface area contributed by atoms with Crippen molar-refractivity contribution in [3.63, 3.8) is 0 Å². The van der Waals surface area contributed by atoms with E-state index in [1.807, 2.05) is 0 Å². The van der Waals surface area contributed by atoms with Crippen LogP contribution in [0.4, 0.5) is 11.4 Å². The Morgan fingerprint density at radius 3 is 2.67 bits per heavy atom. The standard InChI is InChI=1S/C6H5BrN2O3/c7-3-1-4(8)6(10)5(2-3)9(11)12/h1-2,10H,8H2. The zero-order chi connectivity index (χ0) is 9.30. The highest BCUT2D eigenvalue weighted by Gasteiger charge is 2.16. The first kappa shape index (κ1) is 8.79. The van der Waals surface area contributed by atoms with Crippen LogP contribution in [0.25, 0.3) is 0 Å². The van der Waals surface area contributed by atoms with Gasteiger partial charge in [0, 0.05) is 10.5 Å². The van der Waals surface area contributed by atoms with Gasteiger partial charge >= 0.3 is 5.69 Å². The molecule has 0 aliphatic heterocycles. The number of benzene rings is 1. The zero-order valence-electron chi connectivity index (χ0n) is 5.82. The Balaban J connectivity index is 3.37. The molecule has 0 aliphatic carbocycles. The van der Waals surface area contributed by atoms with Gasteiger partial charge in [0.25, 0.3) is 0 Å². The van der Waals surface area contributed by atoms with Crippen LogP contribution in [0.3, 0.4) is 0 Å². The predicted molar refractivity (Wildman–Crippen MR) is 46.9 cm³/mol. The second-order valence-electron chi connectivity index (χ2n) is 2.12. The molecule has 0 saturated heterocycles. The van der Waals surface area contributed by atoms with Crippen molar-refractivity contribution < 1.29 is 10.0 Å². The highest BCUT2D eigenvalue weighted by molar-refractivity contribution is 9.10. The van der Waals surface area contributed by atoms with Crippen LogP contribution >= 0.6 is 15.9 Å². The average molecular weight is 233 g/mol. The summed E-state index contributed by atoms with van der Waals surface area (Å²) in [5.41, 5.74) is 4.86. The number of anilines is 1. The van der Waals surface area contributed by atoms with E-state index < -0.39 is 16.4 Å². The van der Waals surface area contributed by atoms with Crippen molar-refractivity contribution in [3.8, 4) is 5.75 Å². The number of halogens is 1. The van der Waals surface area contributed by atoms with E-state index in [1.54, 1.807) is 0 Å². The van der Waals surface area contributed by atoms with E-state index in [4.69, 9.17) is 10.8 Å². The van der Waals surface area contributed by atoms with Gasteiger partial charge in [-0.15, -0.1) is 0 Å². The topological polar surface area (TPSA) is 89.4 Å². The van der Waals surface area contributed by atoms with Gasteiger partial charge < -0.3 is 10.8 Å². The summed E-state index contributed by atoms with van der Waals surface area (Å²) in [6.45, 7) is 0. The lowest BCUT2D eigenvalue weighted by Crippen LogP contribution is -1.92. The summed E-state index contributed by atoms with van der Waals surface area (Å²) < 4.78 is 0.463. The second kappa shape index (κ2) is 2.98. The Kier molecular flexibility index (Phi) is 2.18. The van der Waals surface area contributed by atoms with E-state index >= 15 is 0 Å². The number of nitrogens with two attached hydrogens (primary N) is 1. The smallest absolute Gasteiger partial charge is 0.314 e. The number of phenols is 1. The third-order valence-corrected chi connectivity index (χ3v) is 1.74. The number of nitrogens with zero attached hydrogens (tertiary/aromatic N) is 1. The van der Waals surface area contributed by atoms with Crippen molar-refractivity contribution in [2.75, 3.05) is 5.73 Å². The number of hydrogen-bond donors (Lipinski definition) is 2. The summed E-state index contributed by atoms with van der Waals surface area (Å²) in [7, 11) is 0. The first-order valence-corrected chi connectivity index (χ1v) is 3.74. The van der Waals surface area contributed by atoms with Gasteiger partial charge in [-0.3, -0.25) is 10.1 Å². The highest BCUT2D eigenvalue weighted by atomic mass is 79.9. The lowest BCUT2D eigenvalue weighted by molar-refractivity contribution is -0.385. The maximum Gasteiger partial charge on any atom is 0.314 e. The summed E-state index contributed by atoms with van der Waals surface area (Å²) >= 11 is 3.02. The van der Waals surface area contributed by atoms with Crippen LogP contribution in [0.1, 0.15) is 0 Å². The maximum absolute atomic E-state index is 10.3. The number of nitrogen functional groups attached to an aromatic ring is 1. The van der Waals surface area contributed by atoms with Crippen LogP contribution < -0.4 is 5.73 Å². The molecule has 0 amide bonds. The molecule has 0 bridgehead atoms. The minimum absolute atomic E-state index is 0.0175. The van der Waals surface area contributed by atoms with Crippen LogP contribution in [0.5, 0.6) is 5.75 Å². The molecule has 0 aromatic heterocycles. The minimum Gasteiger partial charge on any atom is -0.501 e. The Labute approximate surface area is 76.1 Å². The number of aromatic hydroxyl groups is 1. The molecule has 0 aliphatic rings. The van der Waals surface area contributed by atoms with Crippen LogP contribution in [-0.4, -0.2) is 10.0 Å². The summed E-state index contributed by atoms with van der Waals surface area (Å²) in [5, 5.41) is 19.4. The van der Waals surface area contributed by atoms with Crippen LogP contribution in [0.15, 0.2) is 16.6 Å². The lowest BCUT2D eigenvalue weighted by atomic mass is 10.2. The van der Waals surface area contributed by atoms with Gasteiger partial charge in [0.2, 0.25) is 5.75 Å². The van der Waals surface area contributed by atoms with Crippen molar-refractivity contribution in [1.29, 1.82) is 0 Å². The van der Waals surface area contributed by atoms with E-state index in [0.717, 1.165) is 0 Å². The van der Waals surface area contributed by atoms with Crippen LogP contribution in [0, 0.1) is 10.1 Å². The fourth-order valence-corrected chi connectivity index (χ4v) is 1.21.